The molecule has 0 aliphatic carbocycles. The van der Waals surface area contributed by atoms with Crippen molar-refractivity contribution in [3.63, 3.8) is 0 Å². The lowest BCUT2D eigenvalue weighted by molar-refractivity contribution is -0.151. The van der Waals surface area contributed by atoms with Crippen molar-refractivity contribution in [2.75, 3.05) is 17.0 Å². The Hall–Kier alpha value is -3.84. The van der Waals surface area contributed by atoms with Gasteiger partial charge in [-0.25, -0.2) is 9.86 Å². The van der Waals surface area contributed by atoms with E-state index in [1.807, 2.05) is 67.6 Å². The molecule has 1 aliphatic heterocycles. The highest BCUT2D eigenvalue weighted by atomic mass is 16.7. The van der Waals surface area contributed by atoms with Gasteiger partial charge in [0.05, 0.1) is 18.3 Å². The van der Waals surface area contributed by atoms with E-state index >= 15 is 0 Å². The van der Waals surface area contributed by atoms with Crippen LogP contribution in [0.3, 0.4) is 0 Å². The highest BCUT2D eigenvalue weighted by molar-refractivity contribution is 5.97. The topological polar surface area (TPSA) is 88.1 Å². The van der Waals surface area contributed by atoms with Crippen LogP contribution in [0.25, 0.3) is 0 Å². The molecular weight excluding hydrogens is 408 g/mol. The molecule has 1 fully saturated rings. The van der Waals surface area contributed by atoms with Crippen molar-refractivity contribution in [3.05, 3.63) is 90.5 Å². The summed E-state index contributed by atoms with van der Waals surface area (Å²) in [5.74, 6) is -1.93. The largest absolute Gasteiger partial charge is 0.494 e. The van der Waals surface area contributed by atoms with E-state index in [9.17, 15) is 14.7 Å². The normalized spacial score (nSPS) is 20.0. The maximum atomic E-state index is 13.4. The molecule has 1 saturated heterocycles. The molecule has 0 radical (unpaired) electrons. The smallest absolute Gasteiger partial charge is 0.336 e. The zero-order chi connectivity index (χ0) is 22.5. The van der Waals surface area contributed by atoms with Crippen LogP contribution >= 0.6 is 0 Å². The number of hydrogen-bond donors (Lipinski definition) is 2. The van der Waals surface area contributed by atoms with E-state index < -0.39 is 29.9 Å². The van der Waals surface area contributed by atoms with Crippen LogP contribution in [0.15, 0.2) is 84.9 Å². The molecule has 164 valence electrons. The summed E-state index contributed by atoms with van der Waals surface area (Å²) in [7, 11) is 0. The number of hydroxylamine groups is 1. The first-order valence-electron chi connectivity index (χ1n) is 10.4. The number of anilines is 2. The third-order valence-corrected chi connectivity index (χ3v) is 5.28. The number of ether oxygens (including phenoxy) is 1. The van der Waals surface area contributed by atoms with Crippen molar-refractivity contribution >= 4 is 23.3 Å². The molecule has 7 heteroatoms. The predicted octanol–water partition coefficient (Wildman–Crippen LogP) is 4.29. The number of amides is 1. The Morgan fingerprint density at radius 1 is 0.969 bits per heavy atom. The summed E-state index contributed by atoms with van der Waals surface area (Å²) in [5, 5.41) is 14.2. The van der Waals surface area contributed by atoms with Gasteiger partial charge in [0.2, 0.25) is 5.91 Å². The Labute approximate surface area is 186 Å². The molecule has 0 spiro atoms. The molecule has 1 heterocycles. The fourth-order valence-corrected chi connectivity index (χ4v) is 3.86. The van der Waals surface area contributed by atoms with Gasteiger partial charge in [-0.2, -0.15) is 0 Å². The average Bonchev–Trinajstić information content (AvgIpc) is 3.23. The molecule has 3 atom stereocenters. The number of rotatable bonds is 7. The Bertz CT molecular complexity index is 1060. The number of aliphatic carboxylic acids is 1. The van der Waals surface area contributed by atoms with Gasteiger partial charge >= 0.3 is 5.97 Å². The van der Waals surface area contributed by atoms with Crippen LogP contribution in [-0.4, -0.2) is 29.7 Å². The SMILES string of the molecule is CCOc1ccc(NC(=O)[C@@H]2[C@@H](C(=O)O)ON(c3ccccc3)[C@H]2c2ccccc2)cc1. The molecule has 3 aromatic carbocycles. The van der Waals surface area contributed by atoms with E-state index in [2.05, 4.69) is 5.32 Å². The fourth-order valence-electron chi connectivity index (χ4n) is 3.86. The molecule has 2 N–H and O–H groups in total. The number of nitrogens with zero attached hydrogens (tertiary/aromatic N) is 1. The Kier molecular flexibility index (Phi) is 6.37. The molecule has 0 saturated carbocycles. The summed E-state index contributed by atoms with van der Waals surface area (Å²) >= 11 is 0. The van der Waals surface area contributed by atoms with E-state index in [1.54, 1.807) is 24.3 Å². The van der Waals surface area contributed by atoms with Crippen LogP contribution in [-0.2, 0) is 14.4 Å². The zero-order valence-electron chi connectivity index (χ0n) is 17.5. The maximum absolute atomic E-state index is 13.4. The standard InChI is InChI=1S/C25H24N2O5/c1-2-31-20-15-13-18(14-16-20)26-24(28)21-22(17-9-5-3-6-10-17)27(32-23(21)25(29)30)19-11-7-4-8-12-19/h3-16,21-23H,2H2,1H3,(H,26,28)(H,29,30)/t21-,22-,23-/m0/s1. The Balaban J connectivity index is 1.69. The van der Waals surface area contributed by atoms with Gasteiger partial charge in [-0.3, -0.25) is 9.63 Å². The van der Waals surface area contributed by atoms with Crippen molar-refractivity contribution in [1.29, 1.82) is 0 Å². The minimum absolute atomic E-state index is 0.436. The zero-order valence-corrected chi connectivity index (χ0v) is 17.5. The van der Waals surface area contributed by atoms with Gasteiger partial charge in [0.15, 0.2) is 6.10 Å². The fraction of sp³-hybridized carbons (Fsp3) is 0.200. The highest BCUT2D eigenvalue weighted by Crippen LogP contribution is 2.43. The van der Waals surface area contributed by atoms with Gasteiger partial charge in [0.25, 0.3) is 0 Å². The number of benzene rings is 3. The van der Waals surface area contributed by atoms with Gasteiger partial charge in [0, 0.05) is 5.69 Å². The van der Waals surface area contributed by atoms with Crippen LogP contribution in [0, 0.1) is 5.92 Å². The van der Waals surface area contributed by atoms with Crippen molar-refractivity contribution in [3.8, 4) is 5.75 Å². The lowest BCUT2D eigenvalue weighted by atomic mass is 9.88. The van der Waals surface area contributed by atoms with Crippen LogP contribution < -0.4 is 15.1 Å². The number of hydrogen-bond acceptors (Lipinski definition) is 5. The van der Waals surface area contributed by atoms with Crippen LogP contribution in [0.2, 0.25) is 0 Å². The molecule has 7 nitrogen and oxygen atoms in total. The summed E-state index contributed by atoms with van der Waals surface area (Å²) < 4.78 is 5.43. The van der Waals surface area contributed by atoms with Crippen LogP contribution in [0.4, 0.5) is 11.4 Å². The lowest BCUT2D eigenvalue weighted by Gasteiger charge is -2.27. The molecular formula is C25H24N2O5. The molecule has 4 rings (SSSR count). The molecule has 0 bridgehead atoms. The van der Waals surface area contributed by atoms with Crippen LogP contribution in [0.1, 0.15) is 18.5 Å². The third kappa shape index (κ3) is 4.43. The van der Waals surface area contributed by atoms with Crippen molar-refractivity contribution < 1.29 is 24.3 Å². The first-order chi connectivity index (χ1) is 15.6. The van der Waals surface area contributed by atoms with Crippen molar-refractivity contribution in [1.82, 2.24) is 0 Å². The van der Waals surface area contributed by atoms with E-state index in [0.717, 1.165) is 5.56 Å². The van der Waals surface area contributed by atoms with Crippen LogP contribution in [0.5, 0.6) is 5.75 Å². The van der Waals surface area contributed by atoms with Gasteiger partial charge in [-0.05, 0) is 48.9 Å². The first-order valence-corrected chi connectivity index (χ1v) is 10.4. The highest BCUT2D eigenvalue weighted by Gasteiger charge is 2.52. The number of carbonyl (C=O) groups excluding carboxylic acids is 1. The number of carbonyl (C=O) groups is 2. The van der Waals surface area contributed by atoms with Crippen molar-refractivity contribution in [2.45, 2.75) is 19.1 Å². The summed E-state index contributed by atoms with van der Waals surface area (Å²) in [6, 6.07) is 24.8. The number of para-hydroxylation sites is 1. The first kappa shape index (κ1) is 21.4. The summed E-state index contributed by atoms with van der Waals surface area (Å²) in [5.41, 5.74) is 2.00. The second kappa shape index (κ2) is 9.53. The van der Waals surface area contributed by atoms with Gasteiger partial charge < -0.3 is 15.2 Å². The maximum Gasteiger partial charge on any atom is 0.336 e. The molecule has 3 aromatic rings. The van der Waals surface area contributed by atoms with Gasteiger partial charge in [-0.1, -0.05) is 48.5 Å². The van der Waals surface area contributed by atoms with Gasteiger partial charge in [0.1, 0.15) is 11.7 Å². The van der Waals surface area contributed by atoms with Crippen molar-refractivity contribution in [2.24, 2.45) is 5.92 Å². The molecule has 1 amide bonds. The van der Waals surface area contributed by atoms with Gasteiger partial charge in [-0.15, -0.1) is 0 Å². The average molecular weight is 432 g/mol. The molecule has 1 aliphatic rings. The summed E-state index contributed by atoms with van der Waals surface area (Å²) in [4.78, 5) is 31.3. The number of carboxylic acids is 1. The minimum Gasteiger partial charge on any atom is -0.494 e. The predicted molar refractivity (Wildman–Crippen MR) is 120 cm³/mol. The van der Waals surface area contributed by atoms with E-state index in [4.69, 9.17) is 9.57 Å². The van der Waals surface area contributed by atoms with E-state index in [0.29, 0.717) is 23.7 Å². The quantitative estimate of drug-likeness (QED) is 0.579. The monoisotopic (exact) mass is 432 g/mol. The second-order valence-electron chi connectivity index (χ2n) is 7.35. The lowest BCUT2D eigenvalue weighted by Crippen LogP contribution is -2.37. The summed E-state index contributed by atoms with van der Waals surface area (Å²) in [6.07, 6.45) is -1.34. The third-order valence-electron chi connectivity index (χ3n) is 5.28. The molecule has 0 aromatic heterocycles. The van der Waals surface area contributed by atoms with E-state index in [1.165, 1.54) is 5.06 Å². The molecule has 32 heavy (non-hydrogen) atoms. The Morgan fingerprint density at radius 3 is 2.19 bits per heavy atom. The number of nitrogens with one attached hydrogen (secondary N) is 1. The van der Waals surface area contributed by atoms with E-state index in [-0.39, 0.29) is 0 Å². The molecule has 0 unspecified atom stereocenters. The minimum atomic E-state index is -1.34. The Morgan fingerprint density at radius 2 is 1.59 bits per heavy atom. The second-order valence-corrected chi connectivity index (χ2v) is 7.35. The summed E-state index contributed by atoms with van der Waals surface area (Å²) in [6.45, 7) is 2.43. The number of carboxylic acid groups (broad SMARTS) is 1.